The lowest BCUT2D eigenvalue weighted by Gasteiger charge is -2.39. The van der Waals surface area contributed by atoms with Crippen molar-refractivity contribution in [3.8, 4) is 0 Å². The van der Waals surface area contributed by atoms with E-state index in [0.717, 1.165) is 12.5 Å². The number of nitrogens with zero attached hydrogens (tertiary/aromatic N) is 2. The van der Waals surface area contributed by atoms with Crippen molar-refractivity contribution in [1.29, 1.82) is 0 Å². The van der Waals surface area contributed by atoms with Crippen LogP contribution in [0.2, 0.25) is 0 Å². The van der Waals surface area contributed by atoms with Crippen LogP contribution < -0.4 is 5.73 Å². The van der Waals surface area contributed by atoms with Gasteiger partial charge < -0.3 is 10.6 Å². The highest BCUT2D eigenvalue weighted by atomic mass is 19.1. The number of rotatable bonds is 6. The lowest BCUT2D eigenvalue weighted by Crippen LogP contribution is -2.49. The SMILES string of the molecule is CCC(c1ccc(F)cc1F)N1CCN(C(=O)CCC(C)N)CC1. The minimum absolute atomic E-state index is 0.0289. The van der Waals surface area contributed by atoms with Gasteiger partial charge in [-0.25, -0.2) is 8.78 Å². The number of nitrogens with two attached hydrogens (primary N) is 1. The molecule has 0 bridgehead atoms. The fourth-order valence-electron chi connectivity index (χ4n) is 3.24. The third-order valence-corrected chi connectivity index (χ3v) is 4.63. The fourth-order valence-corrected chi connectivity index (χ4v) is 3.24. The van der Waals surface area contributed by atoms with Crippen molar-refractivity contribution in [3.05, 3.63) is 35.4 Å². The molecular weight excluding hydrogens is 312 g/mol. The lowest BCUT2D eigenvalue weighted by molar-refractivity contribution is -0.133. The molecule has 0 aromatic heterocycles. The maximum Gasteiger partial charge on any atom is 0.222 e. The molecular formula is C18H27F2N3O. The molecule has 2 unspecified atom stereocenters. The average Bonchev–Trinajstić information content (AvgIpc) is 2.55. The second kappa shape index (κ2) is 8.53. The fraction of sp³-hybridized carbons (Fsp3) is 0.611. The van der Waals surface area contributed by atoms with E-state index in [1.54, 1.807) is 0 Å². The van der Waals surface area contributed by atoms with E-state index in [0.29, 0.717) is 44.6 Å². The summed E-state index contributed by atoms with van der Waals surface area (Å²) < 4.78 is 27.2. The van der Waals surface area contributed by atoms with Gasteiger partial charge in [0, 0.05) is 56.3 Å². The molecule has 1 heterocycles. The third kappa shape index (κ3) is 4.74. The Hall–Kier alpha value is -1.53. The number of carbonyl (C=O) groups excluding carboxylic acids is 1. The van der Waals surface area contributed by atoms with Crippen molar-refractivity contribution in [3.63, 3.8) is 0 Å². The van der Waals surface area contributed by atoms with Gasteiger partial charge in [0.25, 0.3) is 0 Å². The molecule has 1 aliphatic rings. The standard InChI is InChI=1S/C18H27F2N3O/c1-3-17(15-6-5-14(19)12-16(15)20)22-8-10-23(11-9-22)18(24)7-4-13(2)21/h5-6,12-13,17H,3-4,7-11,21H2,1-2H3. The number of carbonyl (C=O) groups is 1. The van der Waals surface area contributed by atoms with Crippen LogP contribution in [-0.2, 0) is 4.79 Å². The first-order valence-corrected chi connectivity index (χ1v) is 8.64. The Morgan fingerprint density at radius 2 is 1.92 bits per heavy atom. The molecule has 1 saturated heterocycles. The van der Waals surface area contributed by atoms with Crippen LogP contribution >= 0.6 is 0 Å². The normalized spacial score (nSPS) is 18.5. The van der Waals surface area contributed by atoms with Crippen molar-refractivity contribution in [1.82, 2.24) is 9.80 Å². The molecule has 2 N–H and O–H groups in total. The lowest BCUT2D eigenvalue weighted by atomic mass is 10.0. The molecule has 1 amide bonds. The van der Waals surface area contributed by atoms with Crippen LogP contribution in [0.15, 0.2) is 18.2 Å². The molecule has 1 fully saturated rings. The van der Waals surface area contributed by atoms with E-state index in [1.165, 1.54) is 12.1 Å². The van der Waals surface area contributed by atoms with E-state index in [9.17, 15) is 13.6 Å². The van der Waals surface area contributed by atoms with Crippen LogP contribution in [0.3, 0.4) is 0 Å². The predicted octanol–water partition coefficient (Wildman–Crippen LogP) is 2.69. The van der Waals surface area contributed by atoms with Gasteiger partial charge in [-0.15, -0.1) is 0 Å². The Morgan fingerprint density at radius 3 is 2.46 bits per heavy atom. The maximum atomic E-state index is 14.1. The van der Waals surface area contributed by atoms with Gasteiger partial charge in [-0.2, -0.15) is 0 Å². The summed E-state index contributed by atoms with van der Waals surface area (Å²) in [7, 11) is 0. The van der Waals surface area contributed by atoms with Crippen molar-refractivity contribution in [2.75, 3.05) is 26.2 Å². The zero-order valence-electron chi connectivity index (χ0n) is 14.5. The number of piperazine rings is 1. The molecule has 0 saturated carbocycles. The van der Waals surface area contributed by atoms with Crippen molar-refractivity contribution in [2.24, 2.45) is 5.73 Å². The van der Waals surface area contributed by atoms with E-state index in [4.69, 9.17) is 5.73 Å². The highest BCUT2D eigenvalue weighted by Crippen LogP contribution is 2.28. The molecule has 4 nitrogen and oxygen atoms in total. The van der Waals surface area contributed by atoms with Crippen molar-refractivity contribution in [2.45, 2.75) is 45.2 Å². The quantitative estimate of drug-likeness (QED) is 0.867. The van der Waals surface area contributed by atoms with Crippen LogP contribution in [0.25, 0.3) is 0 Å². The highest BCUT2D eigenvalue weighted by molar-refractivity contribution is 5.76. The number of halogens is 2. The number of amides is 1. The minimum atomic E-state index is -0.560. The Balaban J connectivity index is 1.95. The summed E-state index contributed by atoms with van der Waals surface area (Å²) in [5, 5.41) is 0. The van der Waals surface area contributed by atoms with Crippen LogP contribution in [0, 0.1) is 11.6 Å². The Labute approximate surface area is 142 Å². The highest BCUT2D eigenvalue weighted by Gasteiger charge is 2.27. The first kappa shape index (κ1) is 18.8. The zero-order valence-corrected chi connectivity index (χ0v) is 14.5. The molecule has 134 valence electrons. The number of hydrogen-bond acceptors (Lipinski definition) is 3. The van der Waals surface area contributed by atoms with E-state index in [1.807, 2.05) is 18.7 Å². The van der Waals surface area contributed by atoms with Crippen LogP contribution in [0.1, 0.15) is 44.7 Å². The molecule has 0 spiro atoms. The second-order valence-corrected chi connectivity index (χ2v) is 6.52. The minimum Gasteiger partial charge on any atom is -0.340 e. The van der Waals surface area contributed by atoms with Gasteiger partial charge in [0.1, 0.15) is 11.6 Å². The summed E-state index contributed by atoms with van der Waals surface area (Å²) in [5.41, 5.74) is 6.22. The molecule has 2 rings (SSSR count). The number of hydrogen-bond donors (Lipinski definition) is 1. The van der Waals surface area contributed by atoms with Crippen LogP contribution in [0.4, 0.5) is 8.78 Å². The summed E-state index contributed by atoms with van der Waals surface area (Å²) in [6, 6.07) is 3.70. The molecule has 1 aromatic carbocycles. The third-order valence-electron chi connectivity index (χ3n) is 4.63. The Morgan fingerprint density at radius 1 is 1.25 bits per heavy atom. The van der Waals surface area contributed by atoms with Gasteiger partial charge in [-0.05, 0) is 25.8 Å². The van der Waals surface area contributed by atoms with Gasteiger partial charge in [0.05, 0.1) is 0 Å². The summed E-state index contributed by atoms with van der Waals surface area (Å²) in [4.78, 5) is 16.2. The van der Waals surface area contributed by atoms with Crippen molar-refractivity contribution >= 4 is 5.91 Å². The maximum absolute atomic E-state index is 14.1. The van der Waals surface area contributed by atoms with E-state index in [2.05, 4.69) is 4.90 Å². The van der Waals surface area contributed by atoms with Crippen LogP contribution in [0.5, 0.6) is 0 Å². The summed E-state index contributed by atoms with van der Waals surface area (Å²) >= 11 is 0. The second-order valence-electron chi connectivity index (χ2n) is 6.52. The Bertz CT molecular complexity index is 557. The zero-order chi connectivity index (χ0) is 17.7. The van der Waals surface area contributed by atoms with Gasteiger partial charge in [0.2, 0.25) is 5.91 Å². The van der Waals surface area contributed by atoms with Gasteiger partial charge in [-0.1, -0.05) is 13.0 Å². The average molecular weight is 339 g/mol. The summed E-state index contributed by atoms with van der Waals surface area (Å²) in [6.45, 7) is 6.55. The van der Waals surface area contributed by atoms with E-state index < -0.39 is 11.6 Å². The largest absolute Gasteiger partial charge is 0.340 e. The summed E-state index contributed by atoms with van der Waals surface area (Å²) in [5.74, 6) is -0.930. The molecule has 0 radical (unpaired) electrons. The molecule has 6 heteroatoms. The summed E-state index contributed by atoms with van der Waals surface area (Å²) in [6.07, 6.45) is 1.90. The van der Waals surface area contributed by atoms with Gasteiger partial charge in [0.15, 0.2) is 0 Å². The van der Waals surface area contributed by atoms with E-state index >= 15 is 0 Å². The Kier molecular flexibility index (Phi) is 6.69. The smallest absolute Gasteiger partial charge is 0.222 e. The molecule has 1 aliphatic heterocycles. The first-order chi connectivity index (χ1) is 11.4. The van der Waals surface area contributed by atoms with Crippen molar-refractivity contribution < 1.29 is 13.6 Å². The molecule has 1 aromatic rings. The topological polar surface area (TPSA) is 49.6 Å². The predicted molar refractivity (Wildman–Crippen MR) is 90.4 cm³/mol. The van der Waals surface area contributed by atoms with E-state index in [-0.39, 0.29) is 18.0 Å². The van der Waals surface area contributed by atoms with Gasteiger partial charge >= 0.3 is 0 Å². The molecule has 24 heavy (non-hydrogen) atoms. The van der Waals surface area contributed by atoms with Crippen LogP contribution in [-0.4, -0.2) is 47.9 Å². The van der Waals surface area contributed by atoms with Gasteiger partial charge in [-0.3, -0.25) is 9.69 Å². The monoisotopic (exact) mass is 339 g/mol. The first-order valence-electron chi connectivity index (χ1n) is 8.64. The molecule has 0 aliphatic carbocycles. The number of benzene rings is 1. The molecule has 2 atom stereocenters.